The zero-order valence-corrected chi connectivity index (χ0v) is 15.7. The summed E-state index contributed by atoms with van der Waals surface area (Å²) < 4.78 is 52.4. The first-order chi connectivity index (χ1) is 12.7. The monoisotopic (exact) mass is 415 g/mol. The molecule has 0 bridgehead atoms. The van der Waals surface area contributed by atoms with E-state index >= 15 is 0 Å². The topological polar surface area (TPSA) is 147 Å². The number of nitrogens with zero attached hydrogens (tertiary/aromatic N) is 4. The predicted molar refractivity (Wildman–Crippen MR) is 94.6 cm³/mol. The third-order valence-corrected chi connectivity index (χ3v) is 7.86. The molecular formula is C14H17N5O6S2. The first kappa shape index (κ1) is 19.4. The summed E-state index contributed by atoms with van der Waals surface area (Å²) in [6.45, 7) is 0.118. The van der Waals surface area contributed by atoms with E-state index in [0.29, 0.717) is 5.56 Å². The van der Waals surface area contributed by atoms with Crippen molar-refractivity contribution in [3.63, 3.8) is 0 Å². The maximum absolute atomic E-state index is 12.6. The van der Waals surface area contributed by atoms with Gasteiger partial charge in [-0.1, -0.05) is 12.1 Å². The number of nitro groups is 1. The molecule has 0 radical (unpaired) electrons. The molecule has 1 aromatic heterocycles. The largest absolute Gasteiger partial charge is 0.269 e. The molecule has 0 atom stereocenters. The lowest BCUT2D eigenvalue weighted by Gasteiger charge is -2.32. The lowest BCUT2D eigenvalue weighted by atomic mass is 10.2. The van der Waals surface area contributed by atoms with E-state index in [4.69, 9.17) is 0 Å². The van der Waals surface area contributed by atoms with Crippen LogP contribution in [-0.2, 0) is 25.8 Å². The van der Waals surface area contributed by atoms with Crippen LogP contribution < -0.4 is 0 Å². The molecule has 0 saturated carbocycles. The van der Waals surface area contributed by atoms with Crippen LogP contribution in [0.2, 0.25) is 0 Å². The quantitative estimate of drug-likeness (QED) is 0.522. The smallest absolute Gasteiger partial charge is 0.266 e. The first-order valence-corrected chi connectivity index (χ1v) is 11.0. The Labute approximate surface area is 155 Å². The molecule has 1 aromatic carbocycles. The lowest BCUT2D eigenvalue weighted by molar-refractivity contribution is -0.384. The van der Waals surface area contributed by atoms with Crippen molar-refractivity contribution in [2.45, 2.75) is 10.8 Å². The number of nitrogens with one attached hydrogen (secondary N) is 1. The van der Waals surface area contributed by atoms with Gasteiger partial charge in [0.25, 0.3) is 15.7 Å². The molecule has 0 unspecified atom stereocenters. The van der Waals surface area contributed by atoms with Crippen molar-refractivity contribution in [1.82, 2.24) is 18.8 Å². The van der Waals surface area contributed by atoms with Gasteiger partial charge in [0.05, 0.1) is 16.9 Å². The number of hydrogen-bond acceptors (Lipinski definition) is 7. The summed E-state index contributed by atoms with van der Waals surface area (Å²) in [5, 5.41) is 16.6. The number of hydrogen-bond donors (Lipinski definition) is 1. The lowest BCUT2D eigenvalue weighted by Crippen LogP contribution is -2.50. The SMILES string of the molecule is O=[N+]([O-])c1ccc(CS(=O)(=O)N2CCN(S(=O)(=O)c3ccn[nH]3)CC2)cc1. The molecule has 0 spiro atoms. The van der Waals surface area contributed by atoms with Crippen LogP contribution in [0.1, 0.15) is 5.56 Å². The summed E-state index contributed by atoms with van der Waals surface area (Å²) in [4.78, 5) is 10.1. The summed E-state index contributed by atoms with van der Waals surface area (Å²) in [6.07, 6.45) is 1.33. The van der Waals surface area contributed by atoms with Gasteiger partial charge in [0.1, 0.15) is 0 Å². The Hall–Kier alpha value is -2.35. The highest BCUT2D eigenvalue weighted by Gasteiger charge is 2.33. The standard InChI is InChI=1S/C14H17N5O6S2/c20-19(21)13-3-1-12(2-4-13)11-26(22,23)17-7-9-18(10-8-17)27(24,25)14-5-6-15-16-14/h1-6H,7-11H2,(H,15,16). The summed E-state index contributed by atoms with van der Waals surface area (Å²) in [5.74, 6) is -0.307. The number of H-pyrrole nitrogens is 1. The second-order valence-corrected chi connectivity index (χ2v) is 9.78. The Kier molecular flexibility index (Phi) is 5.28. The van der Waals surface area contributed by atoms with Crippen molar-refractivity contribution in [2.24, 2.45) is 0 Å². The normalized spacial score (nSPS) is 17.0. The van der Waals surface area contributed by atoms with Crippen LogP contribution in [-0.4, -0.2) is 66.7 Å². The zero-order valence-electron chi connectivity index (χ0n) is 14.1. The van der Waals surface area contributed by atoms with E-state index in [1.807, 2.05) is 0 Å². The molecule has 1 N–H and O–H groups in total. The van der Waals surface area contributed by atoms with Crippen molar-refractivity contribution >= 4 is 25.7 Å². The Morgan fingerprint density at radius 1 is 1.00 bits per heavy atom. The first-order valence-electron chi connectivity index (χ1n) is 7.91. The van der Waals surface area contributed by atoms with Crippen LogP contribution in [0.5, 0.6) is 0 Å². The number of nitro benzene ring substituents is 1. The molecular weight excluding hydrogens is 398 g/mol. The highest BCUT2D eigenvalue weighted by molar-refractivity contribution is 7.89. The fraction of sp³-hybridized carbons (Fsp3) is 0.357. The van der Waals surface area contributed by atoms with E-state index in [2.05, 4.69) is 10.2 Å². The molecule has 27 heavy (non-hydrogen) atoms. The number of rotatable bonds is 6. The molecule has 2 heterocycles. The van der Waals surface area contributed by atoms with E-state index in [1.165, 1.54) is 45.1 Å². The fourth-order valence-corrected chi connectivity index (χ4v) is 5.57. The van der Waals surface area contributed by atoms with Gasteiger partial charge in [0.15, 0.2) is 5.03 Å². The summed E-state index contributed by atoms with van der Waals surface area (Å²) in [5.41, 5.74) is 0.307. The average Bonchev–Trinajstić information content (AvgIpc) is 3.17. The molecule has 1 fully saturated rings. The van der Waals surface area contributed by atoms with Crippen molar-refractivity contribution < 1.29 is 21.8 Å². The summed E-state index contributed by atoms with van der Waals surface area (Å²) in [7, 11) is -7.40. The van der Waals surface area contributed by atoms with Gasteiger partial charge in [0.2, 0.25) is 10.0 Å². The minimum absolute atomic E-state index is 0.0286. The van der Waals surface area contributed by atoms with E-state index in [9.17, 15) is 26.9 Å². The van der Waals surface area contributed by atoms with Gasteiger partial charge in [-0.2, -0.15) is 13.7 Å². The summed E-state index contributed by atoms with van der Waals surface area (Å²) >= 11 is 0. The van der Waals surface area contributed by atoms with Gasteiger partial charge in [-0.25, -0.2) is 16.8 Å². The Balaban J connectivity index is 1.65. The number of aromatic nitrogens is 2. The predicted octanol–water partition coefficient (Wildman–Crippen LogP) is 0.154. The number of sulfonamides is 2. The third kappa shape index (κ3) is 4.16. The van der Waals surface area contributed by atoms with Gasteiger partial charge in [-0.05, 0) is 11.6 Å². The molecule has 0 amide bonds. The van der Waals surface area contributed by atoms with Crippen molar-refractivity contribution in [3.05, 3.63) is 52.2 Å². The highest BCUT2D eigenvalue weighted by atomic mass is 32.2. The average molecular weight is 415 g/mol. The van der Waals surface area contributed by atoms with E-state index in [1.54, 1.807) is 0 Å². The minimum Gasteiger partial charge on any atom is -0.266 e. The van der Waals surface area contributed by atoms with Crippen molar-refractivity contribution in [1.29, 1.82) is 0 Å². The molecule has 1 aliphatic rings. The van der Waals surface area contributed by atoms with Gasteiger partial charge in [-0.15, -0.1) is 0 Å². The van der Waals surface area contributed by atoms with Crippen LogP contribution in [0.4, 0.5) is 5.69 Å². The van der Waals surface area contributed by atoms with Crippen LogP contribution >= 0.6 is 0 Å². The van der Waals surface area contributed by atoms with Crippen LogP contribution in [0, 0.1) is 10.1 Å². The van der Waals surface area contributed by atoms with Crippen LogP contribution in [0.25, 0.3) is 0 Å². The molecule has 1 saturated heterocycles. The second kappa shape index (κ2) is 7.34. The van der Waals surface area contributed by atoms with E-state index < -0.39 is 25.0 Å². The van der Waals surface area contributed by atoms with Crippen LogP contribution in [0.3, 0.4) is 0 Å². The summed E-state index contributed by atoms with van der Waals surface area (Å²) in [6, 6.07) is 6.63. The minimum atomic E-state index is -3.73. The molecule has 2 aromatic rings. The molecule has 1 aliphatic heterocycles. The second-order valence-electron chi connectivity index (χ2n) is 5.90. The molecule has 11 nitrogen and oxygen atoms in total. The number of non-ortho nitro benzene ring substituents is 1. The van der Waals surface area contributed by atoms with Gasteiger partial charge < -0.3 is 0 Å². The Morgan fingerprint density at radius 2 is 1.59 bits per heavy atom. The molecule has 3 rings (SSSR count). The zero-order chi connectivity index (χ0) is 19.7. The number of benzene rings is 1. The molecule has 0 aliphatic carbocycles. The maximum Gasteiger partial charge on any atom is 0.269 e. The van der Waals surface area contributed by atoms with Gasteiger partial charge in [0, 0.05) is 38.3 Å². The Bertz CT molecular complexity index is 1010. The van der Waals surface area contributed by atoms with E-state index in [-0.39, 0.29) is 42.6 Å². The van der Waals surface area contributed by atoms with E-state index in [0.717, 1.165) is 0 Å². The third-order valence-electron chi connectivity index (χ3n) is 4.18. The fourth-order valence-electron chi connectivity index (χ4n) is 2.73. The van der Waals surface area contributed by atoms with Gasteiger partial charge in [-0.3, -0.25) is 15.2 Å². The Morgan fingerprint density at radius 3 is 2.11 bits per heavy atom. The van der Waals surface area contributed by atoms with Crippen molar-refractivity contribution in [2.75, 3.05) is 26.2 Å². The van der Waals surface area contributed by atoms with Gasteiger partial charge >= 0.3 is 0 Å². The highest BCUT2D eigenvalue weighted by Crippen LogP contribution is 2.19. The molecule has 146 valence electrons. The number of piperazine rings is 1. The molecule has 13 heteroatoms. The van der Waals surface area contributed by atoms with Crippen molar-refractivity contribution in [3.8, 4) is 0 Å². The number of aromatic amines is 1. The van der Waals surface area contributed by atoms with Crippen LogP contribution in [0.15, 0.2) is 41.6 Å². The maximum atomic E-state index is 12.6.